The van der Waals surface area contributed by atoms with Gasteiger partial charge in [-0.1, -0.05) is 30.0 Å². The molecule has 144 valence electrons. The highest BCUT2D eigenvalue weighted by Crippen LogP contribution is 2.18. The van der Waals surface area contributed by atoms with Crippen molar-refractivity contribution in [2.24, 2.45) is 0 Å². The van der Waals surface area contributed by atoms with E-state index in [1.165, 1.54) is 4.40 Å². The molecule has 1 amide bonds. The average molecular weight is 398 g/mol. The van der Waals surface area contributed by atoms with E-state index in [0.717, 1.165) is 17.3 Å². The van der Waals surface area contributed by atoms with Crippen LogP contribution in [0.15, 0.2) is 52.5 Å². The third kappa shape index (κ3) is 4.55. The number of anilines is 1. The lowest BCUT2D eigenvalue weighted by Gasteiger charge is -2.10. The van der Waals surface area contributed by atoms with Crippen LogP contribution in [-0.2, 0) is 9.53 Å². The van der Waals surface area contributed by atoms with Crippen LogP contribution < -0.4 is 11.0 Å². The normalized spacial score (nSPS) is 10.6. The van der Waals surface area contributed by atoms with E-state index in [2.05, 4.69) is 15.3 Å². The van der Waals surface area contributed by atoms with Crippen molar-refractivity contribution in [2.45, 2.75) is 19.0 Å². The van der Waals surface area contributed by atoms with Crippen LogP contribution in [-0.4, -0.2) is 38.6 Å². The number of carbonyl (C=O) groups is 2. The number of fused-ring (bicyclic) bond motifs is 1. The Morgan fingerprint density at radius 1 is 1.18 bits per heavy atom. The number of thioether (sulfide) groups is 1. The number of amides is 1. The van der Waals surface area contributed by atoms with E-state index in [1.54, 1.807) is 43.5 Å². The van der Waals surface area contributed by atoms with Crippen molar-refractivity contribution in [3.63, 3.8) is 0 Å². The molecular formula is C19H18N4O4S. The molecule has 0 saturated carbocycles. The van der Waals surface area contributed by atoms with E-state index >= 15 is 0 Å². The summed E-state index contributed by atoms with van der Waals surface area (Å²) in [4.78, 5) is 44.6. The van der Waals surface area contributed by atoms with Crippen molar-refractivity contribution in [1.82, 2.24) is 14.4 Å². The lowest BCUT2D eigenvalue weighted by molar-refractivity contribution is -0.113. The Hall–Kier alpha value is -3.20. The Bertz CT molecular complexity index is 1100. The summed E-state index contributed by atoms with van der Waals surface area (Å²) < 4.78 is 6.35. The number of pyridine rings is 1. The Morgan fingerprint density at radius 3 is 2.75 bits per heavy atom. The molecule has 0 aliphatic rings. The second kappa shape index (κ2) is 8.66. The number of rotatable bonds is 6. The minimum atomic E-state index is -0.507. The molecule has 0 atom stereocenters. The number of esters is 1. The molecule has 3 aromatic rings. The zero-order valence-electron chi connectivity index (χ0n) is 15.3. The molecule has 1 N–H and O–H groups in total. The van der Waals surface area contributed by atoms with Crippen molar-refractivity contribution in [2.75, 3.05) is 17.7 Å². The third-order valence-corrected chi connectivity index (χ3v) is 4.56. The predicted molar refractivity (Wildman–Crippen MR) is 106 cm³/mol. The van der Waals surface area contributed by atoms with Gasteiger partial charge in [-0.3, -0.25) is 9.20 Å². The van der Waals surface area contributed by atoms with Gasteiger partial charge in [-0.2, -0.15) is 4.98 Å². The molecular weight excluding hydrogens is 380 g/mol. The highest BCUT2D eigenvalue weighted by Gasteiger charge is 2.14. The van der Waals surface area contributed by atoms with Gasteiger partial charge in [-0.05, 0) is 37.6 Å². The monoisotopic (exact) mass is 398 g/mol. The van der Waals surface area contributed by atoms with Crippen molar-refractivity contribution < 1.29 is 14.3 Å². The molecule has 1 aromatic carbocycles. The summed E-state index contributed by atoms with van der Waals surface area (Å²) in [5, 5.41) is 2.89. The number of hydrogen-bond donors (Lipinski definition) is 1. The molecule has 28 heavy (non-hydrogen) atoms. The fourth-order valence-corrected chi connectivity index (χ4v) is 3.10. The first kappa shape index (κ1) is 19.6. The molecule has 0 fully saturated rings. The van der Waals surface area contributed by atoms with Crippen LogP contribution in [0.25, 0.3) is 5.65 Å². The van der Waals surface area contributed by atoms with E-state index in [9.17, 15) is 14.4 Å². The number of aromatic nitrogens is 3. The number of aryl methyl sites for hydroxylation is 1. The Labute approximate surface area is 165 Å². The summed E-state index contributed by atoms with van der Waals surface area (Å²) in [6, 6.07) is 10.2. The van der Waals surface area contributed by atoms with Gasteiger partial charge < -0.3 is 10.1 Å². The average Bonchev–Trinajstić information content (AvgIpc) is 2.67. The molecule has 2 aromatic heterocycles. The molecule has 0 aliphatic heterocycles. The predicted octanol–water partition coefficient (Wildman–Crippen LogP) is 2.31. The first-order chi connectivity index (χ1) is 13.5. The van der Waals surface area contributed by atoms with Crippen LogP contribution in [0, 0.1) is 6.92 Å². The summed E-state index contributed by atoms with van der Waals surface area (Å²) in [5.41, 5.74) is 1.56. The summed E-state index contributed by atoms with van der Waals surface area (Å²) in [7, 11) is 0. The van der Waals surface area contributed by atoms with Crippen LogP contribution in [0.3, 0.4) is 0 Å². The smallest absolute Gasteiger partial charge is 0.355 e. The maximum Gasteiger partial charge on any atom is 0.355 e. The molecule has 8 nitrogen and oxygen atoms in total. The summed E-state index contributed by atoms with van der Waals surface area (Å²) >= 11 is 1.04. The van der Waals surface area contributed by atoms with Crippen LogP contribution in [0.4, 0.5) is 5.69 Å². The molecule has 0 bridgehead atoms. The standard InChI is InChI=1S/C19H18N4O4S/c1-3-27-17(25)13-6-4-5-7-14(13)20-16(24)11-28-18-21-15-9-8-12(2)10-23(15)19(26)22-18/h4-10H,3,11H2,1-2H3,(H,20,24). The number of nitrogens with zero attached hydrogens (tertiary/aromatic N) is 3. The molecule has 3 rings (SSSR count). The fourth-order valence-electron chi connectivity index (χ4n) is 2.46. The quantitative estimate of drug-likeness (QED) is 0.502. The maximum absolute atomic E-state index is 12.3. The number of carbonyl (C=O) groups excluding carboxylic acids is 2. The van der Waals surface area contributed by atoms with Gasteiger partial charge in [0.1, 0.15) is 5.65 Å². The van der Waals surface area contributed by atoms with Gasteiger partial charge in [0.05, 0.1) is 23.6 Å². The second-order valence-electron chi connectivity index (χ2n) is 5.83. The second-order valence-corrected chi connectivity index (χ2v) is 6.77. The van der Waals surface area contributed by atoms with Crippen molar-refractivity contribution in [3.05, 3.63) is 64.2 Å². The summed E-state index contributed by atoms with van der Waals surface area (Å²) in [6.07, 6.45) is 1.66. The van der Waals surface area contributed by atoms with Crippen molar-refractivity contribution in [3.8, 4) is 0 Å². The minimum Gasteiger partial charge on any atom is -0.462 e. The Morgan fingerprint density at radius 2 is 1.96 bits per heavy atom. The van der Waals surface area contributed by atoms with Crippen molar-refractivity contribution >= 4 is 35.0 Å². The van der Waals surface area contributed by atoms with Gasteiger partial charge in [-0.25, -0.2) is 14.6 Å². The minimum absolute atomic E-state index is 0.0152. The lowest BCUT2D eigenvalue weighted by Crippen LogP contribution is -2.21. The van der Waals surface area contributed by atoms with Crippen LogP contribution in [0.2, 0.25) is 0 Å². The number of ether oxygens (including phenoxy) is 1. The molecule has 2 heterocycles. The Kier molecular flexibility index (Phi) is 6.05. The number of nitrogens with one attached hydrogen (secondary N) is 1. The lowest BCUT2D eigenvalue weighted by atomic mass is 10.2. The van der Waals surface area contributed by atoms with Crippen LogP contribution in [0.1, 0.15) is 22.8 Å². The number of benzene rings is 1. The first-order valence-electron chi connectivity index (χ1n) is 8.54. The van der Waals surface area contributed by atoms with E-state index < -0.39 is 11.7 Å². The molecule has 0 aliphatic carbocycles. The fraction of sp³-hybridized carbons (Fsp3) is 0.211. The highest BCUT2D eigenvalue weighted by atomic mass is 32.2. The highest BCUT2D eigenvalue weighted by molar-refractivity contribution is 7.99. The number of para-hydroxylation sites is 1. The Balaban J connectivity index is 1.70. The van der Waals surface area contributed by atoms with E-state index in [1.807, 2.05) is 13.0 Å². The summed E-state index contributed by atoms with van der Waals surface area (Å²) in [5.74, 6) is -0.875. The van der Waals surface area contributed by atoms with Crippen molar-refractivity contribution in [1.29, 1.82) is 0 Å². The van der Waals surface area contributed by atoms with E-state index in [4.69, 9.17) is 4.74 Å². The van der Waals surface area contributed by atoms with Gasteiger partial charge in [0.2, 0.25) is 5.91 Å². The molecule has 0 unspecified atom stereocenters. The molecule has 0 saturated heterocycles. The van der Waals surface area contributed by atoms with Gasteiger partial charge >= 0.3 is 11.7 Å². The molecule has 0 radical (unpaired) electrons. The van der Waals surface area contributed by atoms with Gasteiger partial charge in [0.25, 0.3) is 0 Å². The van der Waals surface area contributed by atoms with Gasteiger partial charge in [0, 0.05) is 6.20 Å². The van der Waals surface area contributed by atoms with E-state index in [0.29, 0.717) is 11.3 Å². The van der Waals surface area contributed by atoms with Gasteiger partial charge in [-0.15, -0.1) is 0 Å². The number of hydrogen-bond acceptors (Lipinski definition) is 7. The summed E-state index contributed by atoms with van der Waals surface area (Å²) in [6.45, 7) is 3.82. The first-order valence-corrected chi connectivity index (χ1v) is 9.52. The topological polar surface area (TPSA) is 103 Å². The van der Waals surface area contributed by atoms with E-state index in [-0.39, 0.29) is 29.0 Å². The third-order valence-electron chi connectivity index (χ3n) is 3.71. The largest absolute Gasteiger partial charge is 0.462 e. The molecule has 9 heteroatoms. The SMILES string of the molecule is CCOC(=O)c1ccccc1NC(=O)CSc1nc(=O)n2cc(C)ccc2n1. The zero-order valence-corrected chi connectivity index (χ0v) is 16.2. The molecule has 0 spiro atoms. The van der Waals surface area contributed by atoms with Crippen LogP contribution >= 0.6 is 11.8 Å². The van der Waals surface area contributed by atoms with Crippen LogP contribution in [0.5, 0.6) is 0 Å². The van der Waals surface area contributed by atoms with Gasteiger partial charge in [0.15, 0.2) is 5.16 Å². The zero-order chi connectivity index (χ0) is 20.1. The maximum atomic E-state index is 12.3.